The van der Waals surface area contributed by atoms with E-state index in [1.54, 1.807) is 43.7 Å². The maximum Gasteiger partial charge on any atom is 0.269 e. The number of hydrazone groups is 1. The SMILES string of the molecule is COc1ccc(Cl)cc1/C=N/Nc1ccc([N+](=O)[O-])cc1. The van der Waals surface area contributed by atoms with Gasteiger partial charge in [-0.25, -0.2) is 0 Å². The summed E-state index contributed by atoms with van der Waals surface area (Å²) in [4.78, 5) is 10.1. The molecule has 7 heteroatoms. The quantitative estimate of drug-likeness (QED) is 0.519. The first kappa shape index (κ1) is 14.8. The lowest BCUT2D eigenvalue weighted by atomic mass is 10.2. The number of ether oxygens (including phenoxy) is 1. The lowest BCUT2D eigenvalue weighted by molar-refractivity contribution is -0.384. The third-order valence-electron chi connectivity index (χ3n) is 2.67. The lowest BCUT2D eigenvalue weighted by Gasteiger charge is -2.04. The van der Waals surface area contributed by atoms with Crippen molar-refractivity contribution in [2.24, 2.45) is 5.10 Å². The van der Waals surface area contributed by atoms with Crippen LogP contribution in [0.5, 0.6) is 5.75 Å². The van der Waals surface area contributed by atoms with Crippen LogP contribution in [-0.2, 0) is 0 Å². The molecule has 1 N–H and O–H groups in total. The summed E-state index contributed by atoms with van der Waals surface area (Å²) in [7, 11) is 1.56. The number of hydrogen-bond donors (Lipinski definition) is 1. The van der Waals surface area contributed by atoms with Crippen molar-refractivity contribution in [1.29, 1.82) is 0 Å². The summed E-state index contributed by atoms with van der Waals surface area (Å²) >= 11 is 5.92. The molecule has 0 atom stereocenters. The van der Waals surface area contributed by atoms with Crippen molar-refractivity contribution in [3.63, 3.8) is 0 Å². The first-order valence-corrected chi connectivity index (χ1v) is 6.35. The minimum atomic E-state index is -0.454. The zero-order valence-electron chi connectivity index (χ0n) is 11.1. The van der Waals surface area contributed by atoms with Crippen molar-refractivity contribution in [3.05, 3.63) is 63.2 Å². The van der Waals surface area contributed by atoms with E-state index in [9.17, 15) is 10.1 Å². The predicted octanol–water partition coefficient (Wildman–Crippen LogP) is 3.70. The molecule has 108 valence electrons. The van der Waals surface area contributed by atoms with E-state index in [0.717, 1.165) is 5.56 Å². The topological polar surface area (TPSA) is 76.8 Å². The Balaban J connectivity index is 2.08. The third kappa shape index (κ3) is 3.93. The minimum absolute atomic E-state index is 0.0287. The molecule has 0 spiro atoms. The van der Waals surface area contributed by atoms with Gasteiger partial charge in [-0.2, -0.15) is 5.10 Å². The van der Waals surface area contributed by atoms with Crippen LogP contribution >= 0.6 is 11.6 Å². The second kappa shape index (κ2) is 6.71. The summed E-state index contributed by atoms with van der Waals surface area (Å²) < 4.78 is 5.19. The zero-order chi connectivity index (χ0) is 15.2. The summed E-state index contributed by atoms with van der Waals surface area (Å²) in [6, 6.07) is 11.1. The van der Waals surface area contributed by atoms with E-state index in [1.165, 1.54) is 12.1 Å². The molecule has 0 aliphatic carbocycles. The van der Waals surface area contributed by atoms with Crippen molar-refractivity contribution < 1.29 is 9.66 Å². The maximum absolute atomic E-state index is 10.5. The van der Waals surface area contributed by atoms with Crippen LogP contribution in [0.2, 0.25) is 5.02 Å². The molecule has 0 saturated carbocycles. The molecule has 0 saturated heterocycles. The molecule has 0 heterocycles. The summed E-state index contributed by atoms with van der Waals surface area (Å²) in [6.45, 7) is 0. The van der Waals surface area contributed by atoms with Crippen LogP contribution in [0.1, 0.15) is 5.56 Å². The van der Waals surface area contributed by atoms with Gasteiger partial charge < -0.3 is 4.74 Å². The van der Waals surface area contributed by atoms with Gasteiger partial charge in [-0.05, 0) is 30.3 Å². The van der Waals surface area contributed by atoms with Crippen molar-refractivity contribution in [1.82, 2.24) is 0 Å². The Morgan fingerprint density at radius 3 is 2.62 bits per heavy atom. The molecule has 0 fully saturated rings. The Bertz CT molecular complexity index is 672. The monoisotopic (exact) mass is 305 g/mol. The van der Waals surface area contributed by atoms with Gasteiger partial charge in [-0.3, -0.25) is 15.5 Å². The molecule has 6 nitrogen and oxygen atoms in total. The summed E-state index contributed by atoms with van der Waals surface area (Å²) in [6.07, 6.45) is 1.56. The molecule has 2 rings (SSSR count). The van der Waals surface area contributed by atoms with E-state index in [-0.39, 0.29) is 5.69 Å². The minimum Gasteiger partial charge on any atom is -0.496 e. The Morgan fingerprint density at radius 2 is 2.00 bits per heavy atom. The fraction of sp³-hybridized carbons (Fsp3) is 0.0714. The smallest absolute Gasteiger partial charge is 0.269 e. The average Bonchev–Trinajstić information content (AvgIpc) is 2.48. The molecule has 0 radical (unpaired) electrons. The van der Waals surface area contributed by atoms with Crippen molar-refractivity contribution in [3.8, 4) is 5.75 Å². The van der Waals surface area contributed by atoms with E-state index in [1.807, 2.05) is 0 Å². The van der Waals surface area contributed by atoms with Crippen LogP contribution in [0.25, 0.3) is 0 Å². The molecular weight excluding hydrogens is 294 g/mol. The molecule has 0 bridgehead atoms. The number of anilines is 1. The van der Waals surface area contributed by atoms with Crippen LogP contribution in [0.3, 0.4) is 0 Å². The Hall–Kier alpha value is -2.60. The van der Waals surface area contributed by atoms with Gasteiger partial charge in [0.15, 0.2) is 0 Å². The second-order valence-corrected chi connectivity index (χ2v) is 4.50. The number of methoxy groups -OCH3 is 1. The number of benzene rings is 2. The van der Waals surface area contributed by atoms with Crippen LogP contribution in [0.15, 0.2) is 47.6 Å². The van der Waals surface area contributed by atoms with Crippen LogP contribution in [0, 0.1) is 10.1 Å². The molecule has 0 unspecified atom stereocenters. The number of nitro groups is 1. The second-order valence-electron chi connectivity index (χ2n) is 4.06. The third-order valence-corrected chi connectivity index (χ3v) is 2.90. The molecule has 21 heavy (non-hydrogen) atoms. The van der Waals surface area contributed by atoms with Crippen LogP contribution in [0.4, 0.5) is 11.4 Å². The molecular formula is C14H12ClN3O3. The Labute approximate surface area is 126 Å². The van der Waals surface area contributed by atoms with Crippen LogP contribution < -0.4 is 10.2 Å². The van der Waals surface area contributed by atoms with Gasteiger partial charge in [0.25, 0.3) is 5.69 Å². The van der Waals surface area contributed by atoms with Gasteiger partial charge in [0.1, 0.15) is 5.75 Å². The summed E-state index contributed by atoms with van der Waals surface area (Å²) in [5.74, 6) is 0.647. The molecule has 0 aromatic heterocycles. The summed E-state index contributed by atoms with van der Waals surface area (Å²) in [5.41, 5.74) is 4.17. The number of nitrogens with one attached hydrogen (secondary N) is 1. The van der Waals surface area contributed by atoms with Gasteiger partial charge in [-0.1, -0.05) is 11.6 Å². The number of nitro benzene ring substituents is 1. The van der Waals surface area contributed by atoms with Gasteiger partial charge in [0.05, 0.1) is 23.9 Å². The van der Waals surface area contributed by atoms with Gasteiger partial charge in [-0.15, -0.1) is 0 Å². The average molecular weight is 306 g/mol. The van der Waals surface area contributed by atoms with Gasteiger partial charge in [0.2, 0.25) is 0 Å². The predicted molar refractivity (Wildman–Crippen MR) is 82.3 cm³/mol. The van der Waals surface area contributed by atoms with E-state index in [2.05, 4.69) is 10.5 Å². The summed E-state index contributed by atoms with van der Waals surface area (Å²) in [5, 5.41) is 15.2. The fourth-order valence-electron chi connectivity index (χ4n) is 1.64. The molecule has 0 amide bonds. The molecule has 2 aromatic carbocycles. The Kier molecular flexibility index (Phi) is 4.73. The van der Waals surface area contributed by atoms with Crippen molar-refractivity contribution in [2.75, 3.05) is 12.5 Å². The van der Waals surface area contributed by atoms with Gasteiger partial charge >= 0.3 is 0 Å². The van der Waals surface area contributed by atoms with Gasteiger partial charge in [0, 0.05) is 22.7 Å². The number of non-ortho nitro benzene ring substituents is 1. The maximum atomic E-state index is 10.5. The highest BCUT2D eigenvalue weighted by molar-refractivity contribution is 6.30. The zero-order valence-corrected chi connectivity index (χ0v) is 11.9. The number of hydrogen-bond acceptors (Lipinski definition) is 5. The van der Waals surface area contributed by atoms with E-state index in [4.69, 9.17) is 16.3 Å². The number of rotatable bonds is 5. The largest absolute Gasteiger partial charge is 0.496 e. The normalized spacial score (nSPS) is 10.6. The standard InChI is InChI=1S/C14H12ClN3O3/c1-21-14-7-2-11(15)8-10(14)9-16-17-12-3-5-13(6-4-12)18(19)20/h2-9,17H,1H3/b16-9+. The highest BCUT2D eigenvalue weighted by Crippen LogP contribution is 2.21. The molecule has 2 aromatic rings. The first-order chi connectivity index (χ1) is 10.1. The van der Waals surface area contributed by atoms with Crippen molar-refractivity contribution in [2.45, 2.75) is 0 Å². The Morgan fingerprint density at radius 1 is 1.29 bits per heavy atom. The van der Waals surface area contributed by atoms with E-state index in [0.29, 0.717) is 16.5 Å². The molecule has 0 aliphatic rings. The van der Waals surface area contributed by atoms with Crippen LogP contribution in [-0.4, -0.2) is 18.2 Å². The number of nitrogens with zero attached hydrogens (tertiary/aromatic N) is 2. The molecule has 0 aliphatic heterocycles. The van der Waals surface area contributed by atoms with E-state index < -0.39 is 4.92 Å². The fourth-order valence-corrected chi connectivity index (χ4v) is 1.82. The highest BCUT2D eigenvalue weighted by atomic mass is 35.5. The highest BCUT2D eigenvalue weighted by Gasteiger charge is 2.03. The first-order valence-electron chi connectivity index (χ1n) is 5.97. The van der Waals surface area contributed by atoms with E-state index >= 15 is 0 Å². The number of halogens is 1. The lowest BCUT2D eigenvalue weighted by Crippen LogP contribution is -1.94. The van der Waals surface area contributed by atoms with Crippen molar-refractivity contribution >= 4 is 29.2 Å².